The van der Waals surface area contributed by atoms with Crippen LogP contribution in [0.2, 0.25) is 0 Å². The van der Waals surface area contributed by atoms with Crippen molar-refractivity contribution in [3.63, 3.8) is 0 Å². The van der Waals surface area contributed by atoms with E-state index in [9.17, 15) is 0 Å². The number of rotatable bonds is 2. The molecule has 3 rings (SSSR count). The molecule has 2 bridgehead atoms. The first-order valence-corrected chi connectivity index (χ1v) is 6.52. The van der Waals surface area contributed by atoms with Crippen molar-refractivity contribution in [2.24, 2.45) is 23.0 Å². The minimum absolute atomic E-state index is 0.260. The second-order valence-electron chi connectivity index (χ2n) is 5.99. The fourth-order valence-electron chi connectivity index (χ4n) is 4.78. The number of ether oxygens (including phenoxy) is 2. The molecule has 16 heavy (non-hydrogen) atoms. The number of hydrogen-bond acceptors (Lipinski definition) is 3. The third-order valence-corrected chi connectivity index (χ3v) is 5.64. The van der Waals surface area contributed by atoms with E-state index in [-0.39, 0.29) is 12.2 Å². The van der Waals surface area contributed by atoms with Gasteiger partial charge >= 0.3 is 0 Å². The lowest BCUT2D eigenvalue weighted by molar-refractivity contribution is -0.0157. The molecule has 1 unspecified atom stereocenters. The standard InChI is InChI=1S/C13H23NO2/c1-15-10-6-13(7-11(10)16-2)9-4-3-8(5-9)12(13)14/h8-12H,3-7,14H2,1-2H3/t8-,9?,10+,11+,12-/m1/s1. The molecule has 0 aromatic heterocycles. The Labute approximate surface area is 97.7 Å². The van der Waals surface area contributed by atoms with Crippen molar-refractivity contribution >= 4 is 0 Å². The Morgan fingerprint density at radius 1 is 1.06 bits per heavy atom. The van der Waals surface area contributed by atoms with Crippen molar-refractivity contribution in [3.8, 4) is 0 Å². The van der Waals surface area contributed by atoms with Crippen molar-refractivity contribution in [1.82, 2.24) is 0 Å². The SMILES string of the molecule is CO[C@H]1CC2(C[C@@H]1OC)C1CC[C@H](C1)[C@H]2N. The van der Waals surface area contributed by atoms with Crippen LogP contribution in [0.25, 0.3) is 0 Å². The maximum atomic E-state index is 6.48. The van der Waals surface area contributed by atoms with Crippen LogP contribution in [-0.4, -0.2) is 32.5 Å². The minimum Gasteiger partial charge on any atom is -0.379 e. The molecule has 0 radical (unpaired) electrons. The van der Waals surface area contributed by atoms with Gasteiger partial charge in [0.2, 0.25) is 0 Å². The van der Waals surface area contributed by atoms with E-state index in [1.807, 2.05) is 0 Å². The predicted molar refractivity (Wildman–Crippen MR) is 62.1 cm³/mol. The Hall–Kier alpha value is -0.120. The fraction of sp³-hybridized carbons (Fsp3) is 1.00. The summed E-state index contributed by atoms with van der Waals surface area (Å²) in [6, 6.07) is 0.393. The van der Waals surface area contributed by atoms with Crippen LogP contribution in [0.5, 0.6) is 0 Å². The molecule has 1 spiro atoms. The molecule has 3 heteroatoms. The smallest absolute Gasteiger partial charge is 0.0838 e. The summed E-state index contributed by atoms with van der Waals surface area (Å²) in [5, 5.41) is 0. The van der Waals surface area contributed by atoms with Crippen LogP contribution in [0.15, 0.2) is 0 Å². The largest absolute Gasteiger partial charge is 0.379 e. The Kier molecular flexibility index (Phi) is 2.54. The second-order valence-corrected chi connectivity index (χ2v) is 5.99. The summed E-state index contributed by atoms with van der Waals surface area (Å²) in [4.78, 5) is 0. The summed E-state index contributed by atoms with van der Waals surface area (Å²) >= 11 is 0. The van der Waals surface area contributed by atoms with Gasteiger partial charge in [0.1, 0.15) is 0 Å². The molecule has 3 saturated carbocycles. The van der Waals surface area contributed by atoms with E-state index in [1.54, 1.807) is 14.2 Å². The molecule has 2 N–H and O–H groups in total. The van der Waals surface area contributed by atoms with Gasteiger partial charge in [-0.1, -0.05) is 0 Å². The van der Waals surface area contributed by atoms with Gasteiger partial charge in [-0.2, -0.15) is 0 Å². The fourth-order valence-corrected chi connectivity index (χ4v) is 4.78. The van der Waals surface area contributed by atoms with Gasteiger partial charge in [0.15, 0.2) is 0 Å². The first kappa shape index (κ1) is 11.0. The molecule has 3 nitrogen and oxygen atoms in total. The Bertz CT molecular complexity index is 265. The minimum atomic E-state index is 0.260. The summed E-state index contributed by atoms with van der Waals surface area (Å²) in [6.45, 7) is 0. The molecule has 0 saturated heterocycles. The van der Waals surface area contributed by atoms with Crippen molar-refractivity contribution in [3.05, 3.63) is 0 Å². The third-order valence-electron chi connectivity index (χ3n) is 5.64. The summed E-state index contributed by atoms with van der Waals surface area (Å²) in [6.07, 6.45) is 6.84. The third kappa shape index (κ3) is 1.25. The van der Waals surface area contributed by atoms with Crippen molar-refractivity contribution < 1.29 is 9.47 Å². The van der Waals surface area contributed by atoms with Gasteiger partial charge in [0.05, 0.1) is 12.2 Å². The number of fused-ring (bicyclic) bond motifs is 3. The molecule has 5 atom stereocenters. The highest BCUT2D eigenvalue weighted by atomic mass is 16.5. The van der Waals surface area contributed by atoms with Crippen LogP contribution in [-0.2, 0) is 9.47 Å². The van der Waals surface area contributed by atoms with Crippen LogP contribution in [0.3, 0.4) is 0 Å². The molecule has 3 aliphatic rings. The molecule has 3 fully saturated rings. The van der Waals surface area contributed by atoms with E-state index in [2.05, 4.69) is 0 Å². The van der Waals surface area contributed by atoms with Crippen LogP contribution >= 0.6 is 0 Å². The lowest BCUT2D eigenvalue weighted by Gasteiger charge is -2.39. The first-order chi connectivity index (χ1) is 7.71. The maximum absolute atomic E-state index is 6.48. The molecule has 0 aliphatic heterocycles. The van der Waals surface area contributed by atoms with Gasteiger partial charge in [-0.3, -0.25) is 0 Å². The zero-order chi connectivity index (χ0) is 11.3. The van der Waals surface area contributed by atoms with Gasteiger partial charge in [0, 0.05) is 20.3 Å². The first-order valence-electron chi connectivity index (χ1n) is 6.52. The van der Waals surface area contributed by atoms with Gasteiger partial charge < -0.3 is 15.2 Å². The van der Waals surface area contributed by atoms with Crippen LogP contribution in [0.1, 0.15) is 32.1 Å². The highest BCUT2D eigenvalue weighted by Crippen LogP contribution is 2.62. The van der Waals surface area contributed by atoms with Crippen LogP contribution in [0.4, 0.5) is 0 Å². The van der Waals surface area contributed by atoms with E-state index in [4.69, 9.17) is 15.2 Å². The van der Waals surface area contributed by atoms with Crippen LogP contribution < -0.4 is 5.73 Å². The number of hydrogen-bond donors (Lipinski definition) is 1. The normalized spacial score (nSPS) is 49.3. The van der Waals surface area contributed by atoms with Gasteiger partial charge in [-0.25, -0.2) is 0 Å². The summed E-state index contributed by atoms with van der Waals surface area (Å²) in [7, 11) is 3.60. The average molecular weight is 225 g/mol. The zero-order valence-corrected chi connectivity index (χ0v) is 10.3. The number of nitrogens with two attached hydrogens (primary N) is 1. The summed E-state index contributed by atoms with van der Waals surface area (Å²) in [5.41, 5.74) is 6.82. The van der Waals surface area contributed by atoms with Crippen LogP contribution in [0, 0.1) is 17.3 Å². The van der Waals surface area contributed by atoms with Gasteiger partial charge in [0.25, 0.3) is 0 Å². The zero-order valence-electron chi connectivity index (χ0n) is 10.3. The van der Waals surface area contributed by atoms with E-state index in [1.165, 1.54) is 19.3 Å². The molecule has 0 aromatic carbocycles. The van der Waals surface area contributed by atoms with E-state index >= 15 is 0 Å². The highest BCUT2D eigenvalue weighted by molar-refractivity contribution is 5.13. The van der Waals surface area contributed by atoms with E-state index in [0.717, 1.165) is 24.7 Å². The molecule has 3 aliphatic carbocycles. The average Bonchev–Trinajstić information content (AvgIpc) is 2.97. The molecule has 0 amide bonds. The summed E-state index contributed by atoms with van der Waals surface area (Å²) < 4.78 is 11.2. The topological polar surface area (TPSA) is 44.5 Å². The van der Waals surface area contributed by atoms with Gasteiger partial charge in [-0.15, -0.1) is 0 Å². The maximum Gasteiger partial charge on any atom is 0.0838 e. The Morgan fingerprint density at radius 3 is 2.12 bits per heavy atom. The molecular weight excluding hydrogens is 202 g/mol. The number of methoxy groups -OCH3 is 2. The monoisotopic (exact) mass is 225 g/mol. The van der Waals surface area contributed by atoms with Crippen molar-refractivity contribution in [2.45, 2.75) is 50.4 Å². The molecular formula is C13H23NO2. The quantitative estimate of drug-likeness (QED) is 0.775. The lowest BCUT2D eigenvalue weighted by atomic mass is 9.69. The highest BCUT2D eigenvalue weighted by Gasteiger charge is 2.61. The lowest BCUT2D eigenvalue weighted by Crippen LogP contribution is -2.45. The molecule has 0 heterocycles. The Morgan fingerprint density at radius 2 is 1.69 bits per heavy atom. The van der Waals surface area contributed by atoms with E-state index in [0.29, 0.717) is 11.5 Å². The second kappa shape index (κ2) is 3.69. The molecule has 92 valence electrons. The summed E-state index contributed by atoms with van der Waals surface area (Å²) in [5.74, 6) is 1.61. The van der Waals surface area contributed by atoms with E-state index < -0.39 is 0 Å². The molecule has 0 aromatic rings. The van der Waals surface area contributed by atoms with Gasteiger partial charge in [-0.05, 0) is 49.4 Å². The predicted octanol–water partition coefficient (Wildman–Crippen LogP) is 1.55. The Balaban J connectivity index is 1.85. The van der Waals surface area contributed by atoms with Crippen molar-refractivity contribution in [1.29, 1.82) is 0 Å². The van der Waals surface area contributed by atoms with Crippen molar-refractivity contribution in [2.75, 3.05) is 14.2 Å².